The Morgan fingerprint density at radius 1 is 0.738 bits per heavy atom. The molecule has 19 nitrogen and oxygen atoms in total. The van der Waals surface area contributed by atoms with Crippen molar-refractivity contribution in [3.05, 3.63) is 65.5 Å². The third kappa shape index (κ3) is 10.7. The lowest BCUT2D eigenvalue weighted by molar-refractivity contribution is 0.0696. The monoisotopic (exact) mass is 882 g/mol. The van der Waals surface area contributed by atoms with Gasteiger partial charge in [-0.25, -0.2) is 31.1 Å². The zero-order valence-electron chi connectivity index (χ0n) is 34.7. The molecule has 0 bridgehead atoms. The van der Waals surface area contributed by atoms with Gasteiger partial charge in [0.2, 0.25) is 20.0 Å². The van der Waals surface area contributed by atoms with Crippen LogP contribution in [-0.4, -0.2) is 79.9 Å². The van der Waals surface area contributed by atoms with E-state index in [0.717, 1.165) is 61.2 Å². The lowest BCUT2D eigenvalue weighted by Gasteiger charge is -2.27. The van der Waals surface area contributed by atoms with Gasteiger partial charge in [0.15, 0.2) is 17.9 Å². The summed E-state index contributed by atoms with van der Waals surface area (Å²) in [6.45, 7) is 9.48. The molecule has 2 aliphatic carbocycles. The molecule has 0 radical (unpaired) electrons. The molecule has 0 saturated heterocycles. The Bertz CT molecular complexity index is 2430. The highest BCUT2D eigenvalue weighted by molar-refractivity contribution is 7.90. The highest BCUT2D eigenvalue weighted by atomic mass is 32.2. The third-order valence-electron chi connectivity index (χ3n) is 10.8. The van der Waals surface area contributed by atoms with Crippen molar-refractivity contribution in [2.24, 2.45) is 0 Å². The van der Waals surface area contributed by atoms with E-state index in [2.05, 4.69) is 51.1 Å². The van der Waals surface area contributed by atoms with Crippen LogP contribution in [0.25, 0.3) is 0 Å². The molecular formula is C40H54N10O9S2. The molecule has 0 spiro atoms. The maximum absolute atomic E-state index is 12.6. The molecule has 8 N–H and O–H groups in total. The summed E-state index contributed by atoms with van der Waals surface area (Å²) in [6.07, 6.45) is 4.22. The number of fused-ring (bicyclic) bond motifs is 2. The molecule has 2 aromatic carbocycles. The first kappa shape index (κ1) is 43.7. The minimum atomic E-state index is -3.71. The molecule has 2 fully saturated rings. The number of aromatic nitrogens is 4. The van der Waals surface area contributed by atoms with Crippen LogP contribution in [0, 0.1) is 0 Å². The Morgan fingerprint density at radius 2 is 1.30 bits per heavy atom. The largest absolute Gasteiger partial charge is 0.473 e. The molecular weight excluding hydrogens is 829 g/mol. The highest BCUT2D eigenvalue weighted by Gasteiger charge is 2.34. The van der Waals surface area contributed by atoms with Gasteiger partial charge in [-0.15, -0.1) is 0 Å². The smallest absolute Gasteiger partial charge is 0.407 e. The fourth-order valence-electron chi connectivity index (χ4n) is 8.00. The summed E-state index contributed by atoms with van der Waals surface area (Å²) in [5, 5.41) is 26.5. The van der Waals surface area contributed by atoms with Gasteiger partial charge in [-0.1, -0.05) is 12.1 Å². The van der Waals surface area contributed by atoms with Gasteiger partial charge >= 0.3 is 12.2 Å². The minimum absolute atomic E-state index is 0.0299. The Labute approximate surface area is 355 Å². The van der Waals surface area contributed by atoms with E-state index < -0.39 is 32.4 Å². The number of carbonyl (C=O) groups is 2. The first-order chi connectivity index (χ1) is 29.0. The molecule has 8 rings (SSSR count). The van der Waals surface area contributed by atoms with E-state index in [0.29, 0.717) is 40.3 Å². The van der Waals surface area contributed by atoms with E-state index in [1.165, 1.54) is 0 Å². The van der Waals surface area contributed by atoms with E-state index in [1.807, 2.05) is 45.9 Å². The zero-order valence-corrected chi connectivity index (χ0v) is 36.3. The van der Waals surface area contributed by atoms with E-state index in [4.69, 9.17) is 14.2 Å². The second kappa shape index (κ2) is 18.3. The Balaban J connectivity index is 0.000000184. The fraction of sp³-hybridized carbons (Fsp3) is 0.500. The first-order valence-corrected chi connectivity index (χ1v) is 23.5. The van der Waals surface area contributed by atoms with E-state index in [9.17, 15) is 26.4 Å². The maximum Gasteiger partial charge on any atom is 0.407 e. The molecule has 4 aliphatic rings. The number of benzene rings is 2. The normalized spacial score (nSPS) is 23.4. The molecule has 61 heavy (non-hydrogen) atoms. The molecule has 2 amide bonds. The van der Waals surface area contributed by atoms with Gasteiger partial charge in [-0.3, -0.25) is 10.2 Å². The molecule has 2 unspecified atom stereocenters. The number of carbonyl (C=O) groups excluding carboxylic acids is 2. The molecule has 2 aromatic heterocycles. The molecule has 3 atom stereocenters. The SMILES string of the molecule is CC(C)NC(=O)OC1CCC(c2cc(Nc3cccc4c3CNS4(=O)=O)n[nH]2)CC1.CC(C)NC(=O)OC1CC[C@H](c2cc(Nc3cccc4c3S(=O)(=O)NC(C)O4)n[nH]2)C1. The number of nitrogens with zero attached hydrogens (tertiary/aromatic N) is 2. The summed E-state index contributed by atoms with van der Waals surface area (Å²) >= 11 is 0. The lowest BCUT2D eigenvalue weighted by Crippen LogP contribution is -2.41. The highest BCUT2D eigenvalue weighted by Crippen LogP contribution is 2.39. The van der Waals surface area contributed by atoms with E-state index in [-0.39, 0.29) is 47.7 Å². The van der Waals surface area contributed by atoms with Crippen LogP contribution in [0.1, 0.15) is 108 Å². The molecule has 2 saturated carbocycles. The molecule has 21 heteroatoms. The van der Waals surface area contributed by atoms with Crippen LogP contribution in [0.3, 0.4) is 0 Å². The number of nitrogens with one attached hydrogen (secondary N) is 8. The average Bonchev–Trinajstić information content (AvgIpc) is 4.00. The van der Waals surface area contributed by atoms with Crippen LogP contribution in [0.4, 0.5) is 32.6 Å². The number of anilines is 4. The van der Waals surface area contributed by atoms with Crippen molar-refractivity contribution >= 4 is 55.2 Å². The zero-order chi connectivity index (χ0) is 43.5. The number of hydrogen-bond acceptors (Lipinski definition) is 13. The van der Waals surface area contributed by atoms with Gasteiger partial charge in [-0.05, 0) is 104 Å². The van der Waals surface area contributed by atoms with Crippen LogP contribution in [0.15, 0.2) is 58.3 Å². The van der Waals surface area contributed by atoms with Crippen molar-refractivity contribution in [3.8, 4) is 5.75 Å². The Morgan fingerprint density at radius 3 is 1.95 bits per heavy atom. The summed E-state index contributed by atoms with van der Waals surface area (Å²) in [5.74, 6) is 1.95. The van der Waals surface area contributed by atoms with Gasteiger partial charge < -0.3 is 35.5 Å². The van der Waals surface area contributed by atoms with Crippen LogP contribution in [0.2, 0.25) is 0 Å². The predicted molar refractivity (Wildman–Crippen MR) is 226 cm³/mol. The Hall–Kier alpha value is -5.38. The number of ether oxygens (including phenoxy) is 3. The Kier molecular flexibility index (Phi) is 13.1. The molecule has 2 aliphatic heterocycles. The van der Waals surface area contributed by atoms with Crippen molar-refractivity contribution in [3.63, 3.8) is 0 Å². The summed E-state index contributed by atoms with van der Waals surface area (Å²) in [7, 11) is -7.12. The number of H-pyrrole nitrogens is 2. The van der Waals surface area contributed by atoms with Crippen molar-refractivity contribution in [1.29, 1.82) is 0 Å². The number of rotatable bonds is 10. The topological polar surface area (TPSA) is 260 Å². The summed E-state index contributed by atoms with van der Waals surface area (Å²) in [6, 6.07) is 14.1. The second-order valence-corrected chi connectivity index (χ2v) is 19.7. The van der Waals surface area contributed by atoms with Crippen LogP contribution >= 0.6 is 0 Å². The van der Waals surface area contributed by atoms with Crippen LogP contribution < -0.4 is 35.4 Å². The summed E-state index contributed by atoms with van der Waals surface area (Å²) in [5.41, 5.74) is 3.77. The summed E-state index contributed by atoms with van der Waals surface area (Å²) in [4.78, 5) is 24.0. The predicted octanol–water partition coefficient (Wildman–Crippen LogP) is 6.05. The minimum Gasteiger partial charge on any atom is -0.473 e. The van der Waals surface area contributed by atoms with Crippen molar-refractivity contribution in [2.75, 3.05) is 10.6 Å². The van der Waals surface area contributed by atoms with Crippen molar-refractivity contribution in [2.45, 2.75) is 138 Å². The molecule has 330 valence electrons. The lowest BCUT2D eigenvalue weighted by atomic mass is 9.85. The standard InChI is InChI=1S/C20H27N5O5S.C20H27N5O4S/c1-11(2)21-20(26)30-14-8-7-13(9-14)16-10-18(24-23-16)22-15-5-4-6-17-19(15)31(27,28)25-12(3)29-17;1-12(2)22-20(26)29-14-8-6-13(7-9-14)17-10-19(25-24-17)23-16-4-3-5-18-15(16)11-21-30(18,27)28/h4-6,10-14,25H,7-9H2,1-3H3,(H,21,26)(H2,22,23,24);3-5,10,12-14,21H,6-9,11H2,1-2H3,(H,22,26)(H2,23,24,25)/t12?,13-,14?;/m0./s1. The summed E-state index contributed by atoms with van der Waals surface area (Å²) < 4.78 is 70.8. The second-order valence-electron chi connectivity index (χ2n) is 16.3. The van der Waals surface area contributed by atoms with Crippen LogP contribution in [-0.2, 0) is 36.1 Å². The molecule has 4 heterocycles. The van der Waals surface area contributed by atoms with Crippen molar-refractivity contribution in [1.82, 2.24) is 40.5 Å². The number of sulfonamides is 2. The van der Waals surface area contributed by atoms with Gasteiger partial charge in [0, 0.05) is 65.2 Å². The quantitative estimate of drug-likeness (QED) is 0.0904. The van der Waals surface area contributed by atoms with Gasteiger partial charge in [-0.2, -0.15) is 14.9 Å². The third-order valence-corrected chi connectivity index (χ3v) is 13.8. The van der Waals surface area contributed by atoms with Crippen molar-refractivity contribution < 1.29 is 40.6 Å². The van der Waals surface area contributed by atoms with Gasteiger partial charge in [0.05, 0.1) is 10.6 Å². The van der Waals surface area contributed by atoms with E-state index >= 15 is 0 Å². The molecule has 4 aromatic rings. The van der Waals surface area contributed by atoms with Crippen LogP contribution in [0.5, 0.6) is 5.75 Å². The fourth-order valence-corrected chi connectivity index (χ4v) is 10.6. The number of alkyl carbamates (subject to hydrolysis) is 2. The average molecular weight is 883 g/mol. The number of hydrogen-bond donors (Lipinski definition) is 8. The maximum atomic E-state index is 12.6. The number of amides is 2. The van der Waals surface area contributed by atoms with E-state index in [1.54, 1.807) is 37.3 Å². The van der Waals surface area contributed by atoms with Gasteiger partial charge in [0.1, 0.15) is 22.9 Å². The first-order valence-electron chi connectivity index (χ1n) is 20.6. The van der Waals surface area contributed by atoms with Gasteiger partial charge in [0.25, 0.3) is 0 Å². The number of aromatic amines is 2.